The number of hydrogen-bond acceptors (Lipinski definition) is 2. The summed E-state index contributed by atoms with van der Waals surface area (Å²) in [7, 11) is 0. The Kier molecular flexibility index (Phi) is 2.60. The number of nitrogens with one attached hydrogen (secondary N) is 1. The van der Waals surface area contributed by atoms with E-state index in [9.17, 15) is 13.6 Å². The maximum Gasteiger partial charge on any atom is 0.407 e. The Morgan fingerprint density at radius 1 is 1.40 bits per heavy atom. The molecule has 1 fully saturated rings. The van der Waals surface area contributed by atoms with Crippen molar-refractivity contribution in [2.24, 2.45) is 0 Å². The topological polar surface area (TPSA) is 38.3 Å². The molecule has 0 radical (unpaired) electrons. The molecule has 15 heavy (non-hydrogen) atoms. The molecule has 1 amide bonds. The van der Waals surface area contributed by atoms with Crippen molar-refractivity contribution in [1.82, 2.24) is 5.32 Å². The molecule has 1 saturated heterocycles. The summed E-state index contributed by atoms with van der Waals surface area (Å²) in [5.41, 5.74) is -0.177. The van der Waals surface area contributed by atoms with Crippen molar-refractivity contribution in [3.05, 3.63) is 33.8 Å². The van der Waals surface area contributed by atoms with E-state index in [-0.39, 0.29) is 12.2 Å². The highest BCUT2D eigenvalue weighted by molar-refractivity contribution is 9.10. The maximum absolute atomic E-state index is 13.4. The van der Waals surface area contributed by atoms with Crippen LogP contribution in [0, 0.1) is 11.6 Å². The number of hydrogen-bond donors (Lipinski definition) is 1. The molecule has 1 N–H and O–H groups in total. The first-order chi connectivity index (χ1) is 7.08. The van der Waals surface area contributed by atoms with Gasteiger partial charge in [0.25, 0.3) is 0 Å². The molecule has 0 aromatic heterocycles. The van der Waals surface area contributed by atoms with Crippen LogP contribution >= 0.6 is 15.9 Å². The SMILES string of the molecule is O=C1N[C@@H](c2c(F)cc(Br)cc2F)CO1. The Morgan fingerprint density at radius 3 is 2.47 bits per heavy atom. The van der Waals surface area contributed by atoms with Gasteiger partial charge in [0, 0.05) is 10.0 Å². The van der Waals surface area contributed by atoms with Gasteiger partial charge in [0.1, 0.15) is 18.2 Å². The summed E-state index contributed by atoms with van der Waals surface area (Å²) in [6, 6.07) is 1.52. The fourth-order valence-electron chi connectivity index (χ4n) is 1.43. The molecule has 0 unspecified atom stereocenters. The summed E-state index contributed by atoms with van der Waals surface area (Å²) < 4.78 is 31.7. The van der Waals surface area contributed by atoms with Gasteiger partial charge in [-0.3, -0.25) is 0 Å². The summed E-state index contributed by atoms with van der Waals surface area (Å²) in [5.74, 6) is -1.42. The van der Waals surface area contributed by atoms with Gasteiger partial charge in [-0.25, -0.2) is 13.6 Å². The molecule has 1 aromatic carbocycles. The molecule has 1 aliphatic heterocycles. The molecule has 3 nitrogen and oxygen atoms in total. The molecular weight excluding hydrogens is 272 g/mol. The molecule has 1 atom stereocenters. The van der Waals surface area contributed by atoms with E-state index in [1.54, 1.807) is 0 Å². The minimum absolute atomic E-state index is 0.0612. The maximum atomic E-state index is 13.4. The third-order valence-corrected chi connectivity index (χ3v) is 2.52. The smallest absolute Gasteiger partial charge is 0.407 e. The van der Waals surface area contributed by atoms with E-state index in [2.05, 4.69) is 26.0 Å². The molecular formula is C9H6BrF2NO2. The zero-order chi connectivity index (χ0) is 11.0. The lowest BCUT2D eigenvalue weighted by atomic mass is 10.1. The molecule has 6 heteroatoms. The number of benzene rings is 1. The Labute approximate surface area is 92.5 Å². The molecule has 0 bridgehead atoms. The first-order valence-electron chi connectivity index (χ1n) is 4.15. The number of cyclic esters (lactones) is 1. The summed E-state index contributed by atoms with van der Waals surface area (Å²) >= 11 is 2.97. The molecule has 0 spiro atoms. The summed E-state index contributed by atoms with van der Waals surface area (Å²) in [6.07, 6.45) is -0.665. The van der Waals surface area contributed by atoms with Gasteiger partial charge in [-0.1, -0.05) is 15.9 Å². The summed E-state index contributed by atoms with van der Waals surface area (Å²) in [4.78, 5) is 10.7. The number of rotatable bonds is 1. The largest absolute Gasteiger partial charge is 0.447 e. The minimum atomic E-state index is -0.759. The number of ether oxygens (including phenoxy) is 1. The highest BCUT2D eigenvalue weighted by atomic mass is 79.9. The number of alkyl carbamates (subject to hydrolysis) is 1. The van der Waals surface area contributed by atoms with Gasteiger partial charge >= 0.3 is 6.09 Å². The van der Waals surface area contributed by atoms with Crippen molar-refractivity contribution >= 4 is 22.0 Å². The van der Waals surface area contributed by atoms with E-state index in [1.165, 1.54) is 0 Å². The average molecular weight is 278 g/mol. The Balaban J connectivity index is 2.39. The van der Waals surface area contributed by atoms with Crippen LogP contribution in [0.2, 0.25) is 0 Å². The Hall–Kier alpha value is -1.17. The fourth-order valence-corrected chi connectivity index (χ4v) is 1.83. The van der Waals surface area contributed by atoms with Crippen LogP contribution in [0.5, 0.6) is 0 Å². The fraction of sp³-hybridized carbons (Fsp3) is 0.222. The van der Waals surface area contributed by atoms with E-state index in [4.69, 9.17) is 0 Å². The second kappa shape index (κ2) is 3.77. The Bertz CT molecular complexity index is 402. The first kappa shape index (κ1) is 10.4. The van der Waals surface area contributed by atoms with E-state index >= 15 is 0 Å². The van der Waals surface area contributed by atoms with Gasteiger partial charge in [-0.15, -0.1) is 0 Å². The number of carbonyl (C=O) groups is 1. The second-order valence-electron chi connectivity index (χ2n) is 3.08. The summed E-state index contributed by atoms with van der Waals surface area (Å²) in [6.45, 7) is -0.0612. The average Bonchev–Trinajstić information content (AvgIpc) is 2.49. The van der Waals surface area contributed by atoms with Crippen LogP contribution in [-0.2, 0) is 4.74 Å². The lowest BCUT2D eigenvalue weighted by Crippen LogP contribution is -2.20. The van der Waals surface area contributed by atoms with Crippen molar-refractivity contribution in [2.45, 2.75) is 6.04 Å². The van der Waals surface area contributed by atoms with Gasteiger partial charge < -0.3 is 10.1 Å². The number of amides is 1. The molecule has 1 aliphatic rings. The lowest BCUT2D eigenvalue weighted by molar-refractivity contribution is 0.176. The van der Waals surface area contributed by atoms with Crippen molar-refractivity contribution in [3.8, 4) is 0 Å². The van der Waals surface area contributed by atoms with E-state index in [0.29, 0.717) is 4.47 Å². The van der Waals surface area contributed by atoms with E-state index < -0.39 is 23.8 Å². The highest BCUT2D eigenvalue weighted by Crippen LogP contribution is 2.27. The molecule has 2 rings (SSSR count). The third-order valence-electron chi connectivity index (χ3n) is 2.07. The van der Waals surface area contributed by atoms with Gasteiger partial charge in [0.05, 0.1) is 6.04 Å². The molecule has 80 valence electrons. The number of carbonyl (C=O) groups excluding carboxylic acids is 1. The number of halogens is 3. The van der Waals surface area contributed by atoms with Crippen LogP contribution < -0.4 is 5.32 Å². The highest BCUT2D eigenvalue weighted by Gasteiger charge is 2.29. The molecule has 0 aliphatic carbocycles. The van der Waals surface area contributed by atoms with E-state index in [1.807, 2.05) is 0 Å². The van der Waals surface area contributed by atoms with Gasteiger partial charge in [-0.2, -0.15) is 0 Å². The predicted octanol–water partition coefficient (Wildman–Crippen LogP) is 2.51. The second-order valence-corrected chi connectivity index (χ2v) is 3.99. The van der Waals surface area contributed by atoms with Crippen LogP contribution in [0.4, 0.5) is 13.6 Å². The van der Waals surface area contributed by atoms with Crippen molar-refractivity contribution < 1.29 is 18.3 Å². The van der Waals surface area contributed by atoms with Gasteiger partial charge in [0.2, 0.25) is 0 Å². The minimum Gasteiger partial charge on any atom is -0.447 e. The lowest BCUT2D eigenvalue weighted by Gasteiger charge is -2.10. The van der Waals surface area contributed by atoms with Crippen molar-refractivity contribution in [1.29, 1.82) is 0 Å². The van der Waals surface area contributed by atoms with Crippen molar-refractivity contribution in [3.63, 3.8) is 0 Å². The Morgan fingerprint density at radius 2 is 2.00 bits per heavy atom. The van der Waals surface area contributed by atoms with Crippen LogP contribution in [0.1, 0.15) is 11.6 Å². The van der Waals surface area contributed by atoms with Crippen LogP contribution in [0.25, 0.3) is 0 Å². The zero-order valence-electron chi connectivity index (χ0n) is 7.39. The van der Waals surface area contributed by atoms with Gasteiger partial charge in [-0.05, 0) is 12.1 Å². The van der Waals surface area contributed by atoms with Gasteiger partial charge in [0.15, 0.2) is 0 Å². The monoisotopic (exact) mass is 277 g/mol. The summed E-state index contributed by atoms with van der Waals surface area (Å²) in [5, 5.41) is 2.31. The van der Waals surface area contributed by atoms with Crippen LogP contribution in [0.15, 0.2) is 16.6 Å². The first-order valence-corrected chi connectivity index (χ1v) is 4.95. The standard InChI is InChI=1S/C9H6BrF2NO2/c10-4-1-5(11)8(6(12)2-4)7-3-15-9(14)13-7/h1-2,7H,3H2,(H,13,14)/t7-/m1/s1. The quantitative estimate of drug-likeness (QED) is 0.857. The molecule has 1 heterocycles. The normalized spacial score (nSPS) is 19.9. The zero-order valence-corrected chi connectivity index (χ0v) is 8.98. The predicted molar refractivity (Wildman–Crippen MR) is 51.3 cm³/mol. The molecule has 1 aromatic rings. The van der Waals surface area contributed by atoms with Crippen molar-refractivity contribution in [2.75, 3.05) is 6.61 Å². The van der Waals surface area contributed by atoms with E-state index in [0.717, 1.165) is 12.1 Å². The van der Waals surface area contributed by atoms with Crippen LogP contribution in [-0.4, -0.2) is 12.7 Å². The molecule has 0 saturated carbocycles. The van der Waals surface area contributed by atoms with Crippen LogP contribution in [0.3, 0.4) is 0 Å². The third kappa shape index (κ3) is 1.94.